The number of rotatable bonds is 3. The Morgan fingerprint density at radius 3 is 2.52 bits per heavy atom. The van der Waals surface area contributed by atoms with Gasteiger partial charge in [0, 0.05) is 30.1 Å². The first-order valence-electron chi connectivity index (χ1n) is 8.13. The topological polar surface area (TPSA) is 83.4 Å². The number of hydrogen-bond donors (Lipinski definition) is 1. The van der Waals surface area contributed by atoms with E-state index in [9.17, 15) is 14.7 Å². The molecule has 7 heteroatoms. The zero-order valence-corrected chi connectivity index (χ0v) is 14.7. The quantitative estimate of drug-likeness (QED) is 0.846. The number of aromatic carboxylic acids is 1. The smallest absolute Gasteiger partial charge is 0.339 e. The Hall–Kier alpha value is -2.41. The molecule has 1 N–H and O–H groups in total. The lowest BCUT2D eigenvalue weighted by Crippen LogP contribution is -2.36. The van der Waals surface area contributed by atoms with Crippen molar-refractivity contribution in [2.75, 3.05) is 13.1 Å². The van der Waals surface area contributed by atoms with Gasteiger partial charge < -0.3 is 10.0 Å². The Morgan fingerprint density at radius 2 is 1.88 bits per heavy atom. The van der Waals surface area contributed by atoms with Crippen molar-refractivity contribution in [1.29, 1.82) is 0 Å². The average molecular weight is 357 g/mol. The summed E-state index contributed by atoms with van der Waals surface area (Å²) in [6, 6.07) is 9.57. The maximum Gasteiger partial charge on any atom is 0.339 e. The largest absolute Gasteiger partial charge is 0.478 e. The van der Waals surface area contributed by atoms with Crippen molar-refractivity contribution >= 4 is 23.0 Å². The summed E-state index contributed by atoms with van der Waals surface area (Å²) < 4.78 is 0. The first-order chi connectivity index (χ1) is 12.0. The molecule has 2 heterocycles. The van der Waals surface area contributed by atoms with Crippen molar-refractivity contribution in [3.63, 3.8) is 0 Å². The average Bonchev–Trinajstić information content (AvgIpc) is 2.62. The summed E-state index contributed by atoms with van der Waals surface area (Å²) in [7, 11) is 0. The zero-order valence-electron chi connectivity index (χ0n) is 13.9. The van der Waals surface area contributed by atoms with Gasteiger partial charge in [0.1, 0.15) is 5.82 Å². The fourth-order valence-corrected chi connectivity index (χ4v) is 3.76. The van der Waals surface area contributed by atoms with Crippen molar-refractivity contribution in [1.82, 2.24) is 14.9 Å². The lowest BCUT2D eigenvalue weighted by atomic mass is 9.91. The summed E-state index contributed by atoms with van der Waals surface area (Å²) in [6.45, 7) is 2.96. The molecule has 0 saturated carbocycles. The molecular weight excluding hydrogens is 338 g/mol. The van der Waals surface area contributed by atoms with Gasteiger partial charge in [-0.25, -0.2) is 14.8 Å². The zero-order chi connectivity index (χ0) is 17.8. The lowest BCUT2D eigenvalue weighted by molar-refractivity contribution is 0.0693. The number of benzene rings is 1. The molecular formula is C18H19N3O3S. The standard InChI is InChI=1S/C18H19N3O3S/c1-12-19-11-15(17(22)23)16(20-12)13-7-9-21(10-8-13)18(24)25-14-5-3-2-4-6-14/h2-6,11,13H,7-10H2,1H3,(H,22,23). The maximum atomic E-state index is 12.4. The molecule has 0 atom stereocenters. The van der Waals surface area contributed by atoms with Gasteiger partial charge in [0.2, 0.25) is 0 Å². The molecule has 1 amide bonds. The lowest BCUT2D eigenvalue weighted by Gasteiger charge is -2.31. The van der Waals surface area contributed by atoms with E-state index in [-0.39, 0.29) is 16.7 Å². The van der Waals surface area contributed by atoms with E-state index in [0.29, 0.717) is 37.4 Å². The van der Waals surface area contributed by atoms with Crippen LogP contribution in [0.1, 0.15) is 40.6 Å². The molecule has 0 bridgehead atoms. The Kier molecular flexibility index (Phi) is 5.33. The van der Waals surface area contributed by atoms with E-state index in [1.54, 1.807) is 6.92 Å². The Labute approximate surface area is 150 Å². The molecule has 1 saturated heterocycles. The summed E-state index contributed by atoms with van der Waals surface area (Å²) in [6.07, 6.45) is 2.79. The molecule has 1 aliphatic rings. The molecule has 1 aromatic heterocycles. The van der Waals surface area contributed by atoms with E-state index in [1.165, 1.54) is 18.0 Å². The third kappa shape index (κ3) is 4.17. The number of nitrogens with zero attached hydrogens (tertiary/aromatic N) is 3. The molecule has 0 radical (unpaired) electrons. The summed E-state index contributed by atoms with van der Waals surface area (Å²) in [5.74, 6) is -0.398. The minimum Gasteiger partial charge on any atom is -0.478 e. The first kappa shape index (κ1) is 17.4. The van der Waals surface area contributed by atoms with Gasteiger partial charge >= 0.3 is 5.97 Å². The van der Waals surface area contributed by atoms with Crippen LogP contribution in [-0.4, -0.2) is 44.3 Å². The Balaban J connectivity index is 1.65. The SMILES string of the molecule is Cc1ncc(C(=O)O)c(C2CCN(C(=O)Sc3ccccc3)CC2)n1. The van der Waals surface area contributed by atoms with Crippen LogP contribution in [0, 0.1) is 6.92 Å². The van der Waals surface area contributed by atoms with E-state index < -0.39 is 5.97 Å². The summed E-state index contributed by atoms with van der Waals surface area (Å²) in [4.78, 5) is 34.9. The molecule has 2 aromatic rings. The summed E-state index contributed by atoms with van der Waals surface area (Å²) in [5, 5.41) is 9.37. The van der Waals surface area contributed by atoms with E-state index in [4.69, 9.17) is 0 Å². The molecule has 1 aromatic carbocycles. The third-order valence-electron chi connectivity index (χ3n) is 4.26. The van der Waals surface area contributed by atoms with Gasteiger partial charge in [0.05, 0.1) is 11.3 Å². The van der Waals surface area contributed by atoms with Gasteiger partial charge in [-0.15, -0.1) is 0 Å². The van der Waals surface area contributed by atoms with Gasteiger partial charge in [-0.05, 0) is 43.7 Å². The van der Waals surface area contributed by atoms with Crippen LogP contribution >= 0.6 is 11.8 Å². The molecule has 1 aliphatic heterocycles. The number of piperidine rings is 1. The molecule has 3 rings (SSSR count). The van der Waals surface area contributed by atoms with Gasteiger partial charge in [0.25, 0.3) is 5.24 Å². The number of hydrogen-bond acceptors (Lipinski definition) is 5. The predicted molar refractivity (Wildman–Crippen MR) is 95.0 cm³/mol. The third-order valence-corrected chi connectivity index (χ3v) is 5.20. The highest BCUT2D eigenvalue weighted by Crippen LogP contribution is 2.31. The van der Waals surface area contributed by atoms with Crippen molar-refractivity contribution < 1.29 is 14.7 Å². The van der Waals surface area contributed by atoms with Crippen LogP contribution in [0.2, 0.25) is 0 Å². The van der Waals surface area contributed by atoms with E-state index in [1.807, 2.05) is 35.2 Å². The van der Waals surface area contributed by atoms with Gasteiger partial charge in [0.15, 0.2) is 0 Å². The Bertz CT molecular complexity index is 774. The van der Waals surface area contributed by atoms with Gasteiger partial charge in [-0.2, -0.15) is 0 Å². The minimum absolute atomic E-state index is 0.0296. The number of carbonyl (C=O) groups is 2. The van der Waals surface area contributed by atoms with Crippen LogP contribution in [0.5, 0.6) is 0 Å². The van der Waals surface area contributed by atoms with Crippen molar-refractivity contribution in [2.24, 2.45) is 0 Å². The van der Waals surface area contributed by atoms with Crippen LogP contribution in [-0.2, 0) is 0 Å². The fraction of sp³-hybridized carbons (Fsp3) is 0.333. The van der Waals surface area contributed by atoms with Crippen molar-refractivity contribution in [3.05, 3.63) is 53.6 Å². The van der Waals surface area contributed by atoms with E-state index in [2.05, 4.69) is 9.97 Å². The highest BCUT2D eigenvalue weighted by molar-refractivity contribution is 8.13. The number of carbonyl (C=O) groups excluding carboxylic acids is 1. The van der Waals surface area contributed by atoms with E-state index in [0.717, 1.165) is 4.90 Å². The van der Waals surface area contributed by atoms with Crippen LogP contribution in [0.15, 0.2) is 41.4 Å². The number of aryl methyl sites for hydroxylation is 1. The van der Waals surface area contributed by atoms with Gasteiger partial charge in [-0.1, -0.05) is 18.2 Å². The molecule has 0 unspecified atom stereocenters. The number of amides is 1. The molecule has 0 aliphatic carbocycles. The van der Waals surface area contributed by atoms with E-state index >= 15 is 0 Å². The molecule has 130 valence electrons. The number of aromatic nitrogens is 2. The normalized spacial score (nSPS) is 15.2. The number of likely N-dealkylation sites (tertiary alicyclic amines) is 1. The van der Waals surface area contributed by atoms with Crippen molar-refractivity contribution in [3.8, 4) is 0 Å². The Morgan fingerprint density at radius 1 is 1.20 bits per heavy atom. The second-order valence-corrected chi connectivity index (χ2v) is 6.99. The maximum absolute atomic E-state index is 12.4. The predicted octanol–water partition coefficient (Wildman–Crippen LogP) is 3.57. The summed E-state index contributed by atoms with van der Waals surface area (Å²) in [5.41, 5.74) is 0.747. The minimum atomic E-state index is -1.01. The fourth-order valence-electron chi connectivity index (χ4n) is 2.95. The van der Waals surface area contributed by atoms with Crippen LogP contribution in [0.3, 0.4) is 0 Å². The van der Waals surface area contributed by atoms with Crippen LogP contribution in [0.25, 0.3) is 0 Å². The summed E-state index contributed by atoms with van der Waals surface area (Å²) >= 11 is 1.22. The highest BCUT2D eigenvalue weighted by Gasteiger charge is 2.28. The number of carboxylic acid groups (broad SMARTS) is 1. The van der Waals surface area contributed by atoms with Gasteiger partial charge in [-0.3, -0.25) is 4.79 Å². The number of carboxylic acids is 1. The highest BCUT2D eigenvalue weighted by atomic mass is 32.2. The molecule has 6 nitrogen and oxygen atoms in total. The second kappa shape index (κ2) is 7.65. The van der Waals surface area contributed by atoms with Crippen LogP contribution < -0.4 is 0 Å². The monoisotopic (exact) mass is 357 g/mol. The first-order valence-corrected chi connectivity index (χ1v) is 8.95. The molecule has 1 fully saturated rings. The van der Waals surface area contributed by atoms with Crippen LogP contribution in [0.4, 0.5) is 4.79 Å². The molecule has 0 spiro atoms. The number of thioether (sulfide) groups is 1. The second-order valence-electron chi connectivity index (χ2n) is 5.96. The molecule has 25 heavy (non-hydrogen) atoms. The van der Waals surface area contributed by atoms with Crippen molar-refractivity contribution in [2.45, 2.75) is 30.6 Å².